The largest absolute Gasteiger partial charge is 0.455 e. The molecule has 0 spiro atoms. The van der Waals surface area contributed by atoms with Crippen LogP contribution in [0.25, 0.3) is 86.6 Å². The van der Waals surface area contributed by atoms with Crippen molar-refractivity contribution in [3.8, 4) is 44.5 Å². The molecule has 2 heterocycles. The highest BCUT2D eigenvalue weighted by Crippen LogP contribution is 2.48. The van der Waals surface area contributed by atoms with Crippen LogP contribution in [0.3, 0.4) is 0 Å². The van der Waals surface area contributed by atoms with Crippen LogP contribution in [0.5, 0.6) is 0 Å². The Labute approximate surface area is 335 Å². The van der Waals surface area contributed by atoms with E-state index in [9.17, 15) is 0 Å². The lowest BCUT2D eigenvalue weighted by Crippen LogP contribution is -2.10. The normalized spacial score (nSPS) is 11.5. The first-order chi connectivity index (χ1) is 28.3. The first-order valence-corrected chi connectivity index (χ1v) is 20.1. The fourth-order valence-electron chi connectivity index (χ4n) is 8.35. The van der Waals surface area contributed by atoms with Gasteiger partial charge in [0.25, 0.3) is 0 Å². The molecule has 0 aliphatic rings. The van der Waals surface area contributed by atoms with Crippen molar-refractivity contribution >= 4 is 70.5 Å². The molecule has 2 aromatic heterocycles. The van der Waals surface area contributed by atoms with Crippen molar-refractivity contribution < 1.29 is 4.42 Å². The molecular weight excluding hydrogens is 711 g/mol. The van der Waals surface area contributed by atoms with Gasteiger partial charge in [-0.3, -0.25) is 0 Å². The summed E-state index contributed by atoms with van der Waals surface area (Å²) in [6.45, 7) is 0. The lowest BCUT2D eigenvalue weighted by atomic mass is 9.92. The summed E-state index contributed by atoms with van der Waals surface area (Å²) >= 11 is 1.85. The predicted octanol–water partition coefficient (Wildman–Crippen LogP) is 16.1. The van der Waals surface area contributed by atoms with E-state index in [1.807, 2.05) is 17.4 Å². The van der Waals surface area contributed by atoms with Gasteiger partial charge in [-0.1, -0.05) is 170 Å². The van der Waals surface area contributed by atoms with Gasteiger partial charge >= 0.3 is 0 Å². The van der Waals surface area contributed by atoms with Crippen LogP contribution in [0.15, 0.2) is 217 Å². The molecular formula is C54H35NOS. The highest BCUT2D eigenvalue weighted by atomic mass is 32.1. The maximum absolute atomic E-state index is 6.67. The molecule has 57 heavy (non-hydrogen) atoms. The van der Waals surface area contributed by atoms with E-state index in [1.165, 1.54) is 42.4 Å². The first-order valence-electron chi connectivity index (χ1n) is 19.3. The number of hydrogen-bond donors (Lipinski definition) is 0. The van der Waals surface area contributed by atoms with Gasteiger partial charge in [-0.05, 0) is 81.4 Å². The first kappa shape index (κ1) is 33.2. The van der Waals surface area contributed by atoms with Crippen LogP contribution in [0, 0.1) is 0 Å². The van der Waals surface area contributed by atoms with E-state index in [2.05, 4.69) is 211 Å². The molecule has 11 rings (SSSR count). The van der Waals surface area contributed by atoms with Crippen LogP contribution in [-0.2, 0) is 0 Å². The van der Waals surface area contributed by atoms with E-state index in [4.69, 9.17) is 4.42 Å². The second-order valence-electron chi connectivity index (χ2n) is 14.5. The average Bonchev–Trinajstić information content (AvgIpc) is 3.87. The van der Waals surface area contributed by atoms with Crippen molar-refractivity contribution in [3.05, 3.63) is 212 Å². The molecule has 0 atom stereocenters. The summed E-state index contributed by atoms with van der Waals surface area (Å²) in [7, 11) is 0. The van der Waals surface area contributed by atoms with Crippen molar-refractivity contribution in [1.29, 1.82) is 0 Å². The van der Waals surface area contributed by atoms with Gasteiger partial charge in [-0.15, -0.1) is 11.3 Å². The van der Waals surface area contributed by atoms with Gasteiger partial charge in [0.05, 0.1) is 10.4 Å². The summed E-state index contributed by atoms with van der Waals surface area (Å²) in [6, 6.07) is 76.3. The minimum absolute atomic E-state index is 0.894. The van der Waals surface area contributed by atoms with Crippen molar-refractivity contribution in [2.45, 2.75) is 0 Å². The number of thiophene rings is 1. The molecule has 0 unspecified atom stereocenters. The molecule has 0 amide bonds. The maximum atomic E-state index is 6.67. The average molecular weight is 746 g/mol. The van der Waals surface area contributed by atoms with Crippen molar-refractivity contribution in [1.82, 2.24) is 0 Å². The van der Waals surface area contributed by atoms with Gasteiger partial charge in [0.2, 0.25) is 0 Å². The van der Waals surface area contributed by atoms with Gasteiger partial charge in [0, 0.05) is 43.2 Å². The molecule has 0 fully saturated rings. The number of rotatable bonds is 7. The SMILES string of the molecule is c1ccc(-c2ccc(-c3ccc(N(c4ccc(-c5ccccc5)c(-c5cccc6c5oc5ccccc56)c4)c4cccc5c4sc4ccccc45)cc3)cc2)cc1. The van der Waals surface area contributed by atoms with Gasteiger partial charge in [-0.2, -0.15) is 0 Å². The summed E-state index contributed by atoms with van der Waals surface area (Å²) < 4.78 is 9.21. The predicted molar refractivity (Wildman–Crippen MR) is 243 cm³/mol. The molecule has 0 N–H and O–H groups in total. The monoisotopic (exact) mass is 745 g/mol. The number of hydrogen-bond acceptors (Lipinski definition) is 3. The Balaban J connectivity index is 1.10. The van der Waals surface area contributed by atoms with Crippen LogP contribution in [-0.4, -0.2) is 0 Å². The van der Waals surface area contributed by atoms with E-state index in [0.29, 0.717) is 0 Å². The zero-order valence-corrected chi connectivity index (χ0v) is 31.8. The third-order valence-corrected chi connectivity index (χ3v) is 12.3. The number of nitrogens with zero attached hydrogens (tertiary/aromatic N) is 1. The lowest BCUT2D eigenvalue weighted by molar-refractivity contribution is 0.670. The Kier molecular flexibility index (Phi) is 8.04. The van der Waals surface area contributed by atoms with Crippen LogP contribution < -0.4 is 4.90 Å². The minimum Gasteiger partial charge on any atom is -0.455 e. The molecule has 0 bridgehead atoms. The summed E-state index contributed by atoms with van der Waals surface area (Å²) in [5.41, 5.74) is 14.4. The molecule has 0 saturated heterocycles. The molecule has 268 valence electrons. The fraction of sp³-hybridized carbons (Fsp3) is 0. The topological polar surface area (TPSA) is 16.4 Å². The van der Waals surface area contributed by atoms with Gasteiger partial charge < -0.3 is 9.32 Å². The molecule has 0 saturated carbocycles. The van der Waals surface area contributed by atoms with Crippen molar-refractivity contribution in [2.24, 2.45) is 0 Å². The molecule has 0 radical (unpaired) electrons. The van der Waals surface area contributed by atoms with Gasteiger partial charge in [0.1, 0.15) is 11.2 Å². The van der Waals surface area contributed by atoms with Gasteiger partial charge in [-0.25, -0.2) is 0 Å². The van der Waals surface area contributed by atoms with Crippen molar-refractivity contribution in [3.63, 3.8) is 0 Å². The smallest absolute Gasteiger partial charge is 0.143 e. The Hall–Kier alpha value is -7.20. The Morgan fingerprint density at radius 2 is 0.912 bits per heavy atom. The Morgan fingerprint density at radius 1 is 0.351 bits per heavy atom. The quantitative estimate of drug-likeness (QED) is 0.162. The van der Waals surface area contributed by atoms with E-state index in [-0.39, 0.29) is 0 Å². The molecule has 9 aromatic carbocycles. The number of benzene rings is 9. The third kappa shape index (κ3) is 5.80. The van der Waals surface area contributed by atoms with Gasteiger partial charge in [0.15, 0.2) is 0 Å². The Bertz CT molecular complexity index is 3210. The summed E-state index contributed by atoms with van der Waals surface area (Å²) in [5, 5.41) is 4.79. The second-order valence-corrected chi connectivity index (χ2v) is 15.5. The van der Waals surface area contributed by atoms with E-state index in [1.54, 1.807) is 0 Å². The summed E-state index contributed by atoms with van der Waals surface area (Å²) in [5.74, 6) is 0. The van der Waals surface area contributed by atoms with E-state index in [0.717, 1.165) is 61.3 Å². The molecule has 0 aliphatic heterocycles. The lowest BCUT2D eigenvalue weighted by Gasteiger charge is -2.27. The van der Waals surface area contributed by atoms with Crippen LogP contribution >= 0.6 is 11.3 Å². The Morgan fingerprint density at radius 3 is 1.67 bits per heavy atom. The summed E-state index contributed by atoms with van der Waals surface area (Å²) in [4.78, 5) is 2.43. The number of para-hydroxylation sites is 2. The minimum atomic E-state index is 0.894. The second kappa shape index (κ2) is 13.8. The maximum Gasteiger partial charge on any atom is 0.143 e. The highest BCUT2D eigenvalue weighted by Gasteiger charge is 2.22. The molecule has 2 nitrogen and oxygen atoms in total. The zero-order valence-electron chi connectivity index (χ0n) is 31.0. The standard InChI is InChI=1S/C54H35NOS/c1-3-13-36(14-4-1)37-25-27-38(28-26-37)39-29-31-41(32-30-39)55(50-22-12-21-48-45-18-8-10-24-52(45)57-54(48)50)42-33-34-43(40-15-5-2-6-16-40)49(35-42)47-20-11-19-46-44-17-7-9-23-51(44)56-53(46)47/h1-35H. The number of fused-ring (bicyclic) bond motifs is 6. The molecule has 0 aliphatic carbocycles. The zero-order chi connectivity index (χ0) is 37.7. The van der Waals surface area contributed by atoms with Crippen LogP contribution in [0.2, 0.25) is 0 Å². The molecule has 11 aromatic rings. The van der Waals surface area contributed by atoms with E-state index < -0.39 is 0 Å². The molecule has 3 heteroatoms. The number of anilines is 3. The number of furan rings is 1. The van der Waals surface area contributed by atoms with E-state index >= 15 is 0 Å². The third-order valence-electron chi connectivity index (χ3n) is 11.1. The summed E-state index contributed by atoms with van der Waals surface area (Å²) in [6.07, 6.45) is 0. The van der Waals surface area contributed by atoms with Crippen LogP contribution in [0.1, 0.15) is 0 Å². The fourth-order valence-corrected chi connectivity index (χ4v) is 9.55. The van der Waals surface area contributed by atoms with Crippen LogP contribution in [0.4, 0.5) is 17.1 Å². The van der Waals surface area contributed by atoms with Crippen molar-refractivity contribution in [2.75, 3.05) is 4.90 Å². The highest BCUT2D eigenvalue weighted by molar-refractivity contribution is 7.26.